The summed E-state index contributed by atoms with van der Waals surface area (Å²) in [6.45, 7) is 5.64. The maximum absolute atomic E-state index is 11.1. The molecule has 3 nitrogen and oxygen atoms in total. The first-order valence-corrected chi connectivity index (χ1v) is 4.74. The highest BCUT2D eigenvalue weighted by Crippen LogP contribution is 2.28. The number of hydrogen-bond acceptors (Lipinski definition) is 2. The minimum atomic E-state index is 0.137. The summed E-state index contributed by atoms with van der Waals surface area (Å²) in [4.78, 5) is 11.1. The van der Waals surface area contributed by atoms with Crippen LogP contribution in [-0.4, -0.2) is 25.0 Å². The first kappa shape index (κ1) is 9.52. The summed E-state index contributed by atoms with van der Waals surface area (Å²) in [5.74, 6) is 0.831. The normalized spacial score (nSPS) is 26.8. The average molecular weight is 170 g/mol. The molecule has 0 spiro atoms. The molecule has 1 aliphatic carbocycles. The van der Waals surface area contributed by atoms with Crippen molar-refractivity contribution >= 4 is 5.91 Å². The van der Waals surface area contributed by atoms with Gasteiger partial charge in [-0.25, -0.2) is 0 Å². The van der Waals surface area contributed by atoms with E-state index >= 15 is 0 Å². The minimum absolute atomic E-state index is 0.137. The zero-order valence-electron chi connectivity index (χ0n) is 7.89. The Labute approximate surface area is 73.9 Å². The van der Waals surface area contributed by atoms with Crippen LogP contribution in [0.2, 0.25) is 0 Å². The second-order valence-corrected chi connectivity index (χ2v) is 3.56. The van der Waals surface area contributed by atoms with Crippen LogP contribution in [0.3, 0.4) is 0 Å². The van der Waals surface area contributed by atoms with E-state index in [2.05, 4.69) is 24.5 Å². The number of nitrogens with one attached hydrogen (secondary N) is 2. The van der Waals surface area contributed by atoms with Crippen LogP contribution < -0.4 is 10.6 Å². The molecular weight excluding hydrogens is 152 g/mol. The summed E-state index contributed by atoms with van der Waals surface area (Å²) in [6.07, 6.45) is 2.23. The molecular formula is C9H18N2O. The summed E-state index contributed by atoms with van der Waals surface area (Å²) in [5, 5.41) is 6.03. The Bertz CT molecular complexity index is 159. The van der Waals surface area contributed by atoms with E-state index in [1.54, 1.807) is 0 Å². The fraction of sp³-hybridized carbons (Fsp3) is 0.889. The van der Waals surface area contributed by atoms with Crippen molar-refractivity contribution in [2.24, 2.45) is 5.92 Å². The SMILES string of the molecule is CCCNCC(=O)NC1CC1C. The van der Waals surface area contributed by atoms with E-state index in [9.17, 15) is 4.79 Å². The Morgan fingerprint density at radius 3 is 2.75 bits per heavy atom. The lowest BCUT2D eigenvalue weighted by atomic mass is 10.4. The van der Waals surface area contributed by atoms with Gasteiger partial charge in [0.2, 0.25) is 5.91 Å². The standard InChI is InChI=1S/C9H18N2O/c1-3-4-10-6-9(12)11-8-5-7(8)2/h7-8,10H,3-6H2,1-2H3,(H,11,12). The van der Waals surface area contributed by atoms with Gasteiger partial charge in [0.15, 0.2) is 0 Å². The molecule has 0 aromatic rings. The van der Waals surface area contributed by atoms with Crippen LogP contribution in [0, 0.1) is 5.92 Å². The zero-order chi connectivity index (χ0) is 8.97. The maximum atomic E-state index is 11.1. The van der Waals surface area contributed by atoms with Gasteiger partial charge in [-0.3, -0.25) is 4.79 Å². The molecule has 0 aliphatic heterocycles. The van der Waals surface area contributed by atoms with Crippen LogP contribution in [-0.2, 0) is 4.79 Å². The predicted octanol–water partition coefficient (Wildman–Crippen LogP) is 0.511. The van der Waals surface area contributed by atoms with Crippen molar-refractivity contribution in [2.45, 2.75) is 32.7 Å². The lowest BCUT2D eigenvalue weighted by molar-refractivity contribution is -0.120. The van der Waals surface area contributed by atoms with Crippen LogP contribution >= 0.6 is 0 Å². The highest BCUT2D eigenvalue weighted by molar-refractivity contribution is 5.78. The number of hydrogen-bond donors (Lipinski definition) is 2. The summed E-state index contributed by atoms with van der Waals surface area (Å²) in [5.41, 5.74) is 0. The van der Waals surface area contributed by atoms with Crippen molar-refractivity contribution < 1.29 is 4.79 Å². The molecule has 2 N–H and O–H groups in total. The van der Waals surface area contributed by atoms with Gasteiger partial charge >= 0.3 is 0 Å². The number of carbonyl (C=O) groups excluding carboxylic acids is 1. The van der Waals surface area contributed by atoms with Gasteiger partial charge in [-0.2, -0.15) is 0 Å². The molecule has 1 rings (SSSR count). The molecule has 3 heteroatoms. The topological polar surface area (TPSA) is 41.1 Å². The third kappa shape index (κ3) is 3.22. The first-order chi connectivity index (χ1) is 5.74. The molecule has 0 heterocycles. The molecule has 0 saturated heterocycles. The number of amides is 1. The van der Waals surface area contributed by atoms with Crippen LogP contribution in [0.5, 0.6) is 0 Å². The van der Waals surface area contributed by atoms with E-state index in [0.29, 0.717) is 18.5 Å². The number of rotatable bonds is 5. The van der Waals surface area contributed by atoms with E-state index in [0.717, 1.165) is 19.4 Å². The smallest absolute Gasteiger partial charge is 0.234 e. The lowest BCUT2D eigenvalue weighted by Crippen LogP contribution is -2.35. The van der Waals surface area contributed by atoms with E-state index in [4.69, 9.17) is 0 Å². The van der Waals surface area contributed by atoms with Crippen LogP contribution in [0.4, 0.5) is 0 Å². The molecule has 12 heavy (non-hydrogen) atoms. The Morgan fingerprint density at radius 2 is 2.25 bits per heavy atom. The molecule has 0 radical (unpaired) electrons. The van der Waals surface area contributed by atoms with Crippen molar-refractivity contribution in [1.29, 1.82) is 0 Å². The van der Waals surface area contributed by atoms with Crippen LogP contribution in [0.25, 0.3) is 0 Å². The molecule has 1 aliphatic rings. The van der Waals surface area contributed by atoms with Crippen molar-refractivity contribution in [3.8, 4) is 0 Å². The van der Waals surface area contributed by atoms with E-state index in [1.165, 1.54) is 0 Å². The summed E-state index contributed by atoms with van der Waals surface area (Å²) in [7, 11) is 0. The van der Waals surface area contributed by atoms with E-state index in [-0.39, 0.29) is 5.91 Å². The Balaban J connectivity index is 1.97. The fourth-order valence-corrected chi connectivity index (χ4v) is 1.16. The van der Waals surface area contributed by atoms with Gasteiger partial charge in [-0.05, 0) is 25.3 Å². The largest absolute Gasteiger partial charge is 0.352 e. The fourth-order valence-electron chi connectivity index (χ4n) is 1.16. The third-order valence-electron chi connectivity index (χ3n) is 2.17. The van der Waals surface area contributed by atoms with Crippen molar-refractivity contribution in [1.82, 2.24) is 10.6 Å². The molecule has 1 fully saturated rings. The molecule has 2 unspecified atom stereocenters. The molecule has 0 aromatic carbocycles. The molecule has 2 atom stereocenters. The van der Waals surface area contributed by atoms with Gasteiger partial charge in [0.25, 0.3) is 0 Å². The monoisotopic (exact) mass is 170 g/mol. The molecule has 0 bridgehead atoms. The highest BCUT2D eigenvalue weighted by atomic mass is 16.2. The van der Waals surface area contributed by atoms with Gasteiger partial charge in [-0.1, -0.05) is 13.8 Å². The zero-order valence-corrected chi connectivity index (χ0v) is 7.89. The van der Waals surface area contributed by atoms with E-state index < -0.39 is 0 Å². The first-order valence-electron chi connectivity index (χ1n) is 4.74. The average Bonchev–Trinajstić information content (AvgIpc) is 2.67. The molecule has 1 saturated carbocycles. The maximum Gasteiger partial charge on any atom is 0.234 e. The van der Waals surface area contributed by atoms with Crippen LogP contribution in [0.15, 0.2) is 0 Å². The highest BCUT2D eigenvalue weighted by Gasteiger charge is 2.33. The summed E-state index contributed by atoms with van der Waals surface area (Å²) < 4.78 is 0. The van der Waals surface area contributed by atoms with Gasteiger partial charge in [0, 0.05) is 6.04 Å². The van der Waals surface area contributed by atoms with Crippen LogP contribution in [0.1, 0.15) is 26.7 Å². The second-order valence-electron chi connectivity index (χ2n) is 3.56. The minimum Gasteiger partial charge on any atom is -0.352 e. The second kappa shape index (κ2) is 4.45. The van der Waals surface area contributed by atoms with Crippen molar-refractivity contribution in [3.05, 3.63) is 0 Å². The predicted molar refractivity (Wildman–Crippen MR) is 48.9 cm³/mol. The Hall–Kier alpha value is -0.570. The summed E-state index contributed by atoms with van der Waals surface area (Å²) in [6, 6.07) is 0.459. The Morgan fingerprint density at radius 1 is 1.58 bits per heavy atom. The molecule has 1 amide bonds. The van der Waals surface area contributed by atoms with E-state index in [1.807, 2.05) is 0 Å². The van der Waals surface area contributed by atoms with Gasteiger partial charge in [-0.15, -0.1) is 0 Å². The quantitative estimate of drug-likeness (QED) is 0.590. The van der Waals surface area contributed by atoms with Gasteiger partial charge in [0.05, 0.1) is 6.54 Å². The third-order valence-corrected chi connectivity index (χ3v) is 2.17. The lowest BCUT2D eigenvalue weighted by Gasteiger charge is -2.04. The van der Waals surface area contributed by atoms with Crippen molar-refractivity contribution in [3.63, 3.8) is 0 Å². The molecule has 0 aromatic heterocycles. The molecule has 70 valence electrons. The summed E-state index contributed by atoms with van der Waals surface area (Å²) >= 11 is 0. The van der Waals surface area contributed by atoms with Gasteiger partial charge in [0.1, 0.15) is 0 Å². The van der Waals surface area contributed by atoms with Gasteiger partial charge < -0.3 is 10.6 Å². The van der Waals surface area contributed by atoms with Crippen molar-refractivity contribution in [2.75, 3.05) is 13.1 Å². The number of carbonyl (C=O) groups is 1. The Kier molecular flexibility index (Phi) is 3.53.